The highest BCUT2D eigenvalue weighted by molar-refractivity contribution is 9.11. The van der Waals surface area contributed by atoms with E-state index in [1.165, 1.54) is 11.3 Å². The molecule has 2 rings (SSSR count). The third-order valence-corrected chi connectivity index (χ3v) is 3.64. The first-order valence-electron chi connectivity index (χ1n) is 4.03. The van der Waals surface area contributed by atoms with Crippen molar-refractivity contribution in [2.45, 2.75) is 19.8 Å². The van der Waals surface area contributed by atoms with E-state index >= 15 is 0 Å². The van der Waals surface area contributed by atoms with Crippen molar-refractivity contribution in [1.29, 1.82) is 0 Å². The summed E-state index contributed by atoms with van der Waals surface area (Å²) in [5, 5.41) is 3.47. The number of hydrogen-bond acceptors (Lipinski definition) is 3. The summed E-state index contributed by atoms with van der Waals surface area (Å²) < 4.78 is 0.934. The van der Waals surface area contributed by atoms with E-state index < -0.39 is 0 Å². The lowest BCUT2D eigenvalue weighted by atomic mass is 10.1. The molecule has 1 heterocycles. The molecule has 1 fully saturated rings. The number of nitrogens with one attached hydrogen (secondary N) is 1. The van der Waals surface area contributed by atoms with Crippen molar-refractivity contribution in [2.24, 2.45) is 5.41 Å². The van der Waals surface area contributed by atoms with Crippen LogP contribution >= 0.6 is 27.3 Å². The Balaban J connectivity index is 2.02. The number of rotatable bonds is 2. The molecule has 0 unspecified atom stereocenters. The molecule has 0 spiro atoms. The number of anilines is 1. The van der Waals surface area contributed by atoms with Gasteiger partial charge in [-0.3, -0.25) is 4.79 Å². The highest BCUT2D eigenvalue weighted by Gasteiger charge is 2.45. The van der Waals surface area contributed by atoms with Gasteiger partial charge in [0, 0.05) is 5.41 Å². The summed E-state index contributed by atoms with van der Waals surface area (Å²) in [6, 6.07) is 0. The SMILES string of the molecule is CC1(C(=O)Nc2ncc(Br)s2)CC1. The standard InChI is InChI=1S/C8H9BrN2OS/c1-8(2-3-8)6(12)11-7-10-4-5(9)13-7/h4H,2-3H2,1H3,(H,10,11,12). The summed E-state index contributed by atoms with van der Waals surface area (Å²) >= 11 is 4.73. The van der Waals surface area contributed by atoms with E-state index in [9.17, 15) is 4.79 Å². The topological polar surface area (TPSA) is 42.0 Å². The van der Waals surface area contributed by atoms with Gasteiger partial charge < -0.3 is 5.32 Å². The summed E-state index contributed by atoms with van der Waals surface area (Å²) in [4.78, 5) is 15.6. The molecule has 5 heteroatoms. The molecule has 70 valence electrons. The number of halogens is 1. The second kappa shape index (κ2) is 3.06. The molecule has 0 aliphatic heterocycles. The van der Waals surface area contributed by atoms with E-state index in [1.54, 1.807) is 6.20 Å². The quantitative estimate of drug-likeness (QED) is 0.889. The number of carbonyl (C=O) groups excluding carboxylic acids is 1. The van der Waals surface area contributed by atoms with Gasteiger partial charge in [-0.2, -0.15) is 0 Å². The normalized spacial score (nSPS) is 18.3. The van der Waals surface area contributed by atoms with Crippen LogP contribution in [0.25, 0.3) is 0 Å². The van der Waals surface area contributed by atoms with Crippen LogP contribution in [0.1, 0.15) is 19.8 Å². The zero-order chi connectivity index (χ0) is 9.47. The van der Waals surface area contributed by atoms with Crippen LogP contribution in [0.15, 0.2) is 9.98 Å². The fraction of sp³-hybridized carbons (Fsp3) is 0.500. The van der Waals surface area contributed by atoms with Crippen molar-refractivity contribution in [1.82, 2.24) is 4.98 Å². The Hall–Kier alpha value is -0.420. The average Bonchev–Trinajstić information content (AvgIpc) is 2.69. The second-order valence-corrected chi connectivity index (χ2v) is 5.89. The molecule has 0 atom stereocenters. The fourth-order valence-corrected chi connectivity index (χ4v) is 2.08. The number of thiazole rings is 1. The maximum atomic E-state index is 11.5. The lowest BCUT2D eigenvalue weighted by Gasteiger charge is -2.05. The van der Waals surface area contributed by atoms with Gasteiger partial charge in [-0.25, -0.2) is 4.98 Å². The zero-order valence-corrected chi connectivity index (χ0v) is 9.54. The Morgan fingerprint density at radius 2 is 2.46 bits per heavy atom. The van der Waals surface area contributed by atoms with E-state index in [-0.39, 0.29) is 11.3 Å². The van der Waals surface area contributed by atoms with E-state index in [1.807, 2.05) is 6.92 Å². The van der Waals surface area contributed by atoms with Gasteiger partial charge in [0.25, 0.3) is 0 Å². The van der Waals surface area contributed by atoms with Gasteiger partial charge in [0.05, 0.1) is 9.98 Å². The Morgan fingerprint density at radius 1 is 1.77 bits per heavy atom. The van der Waals surface area contributed by atoms with Crippen molar-refractivity contribution in [3.05, 3.63) is 9.98 Å². The third kappa shape index (κ3) is 1.91. The van der Waals surface area contributed by atoms with Crippen molar-refractivity contribution >= 4 is 38.3 Å². The van der Waals surface area contributed by atoms with Crippen LogP contribution in [-0.4, -0.2) is 10.9 Å². The predicted molar refractivity (Wildman–Crippen MR) is 55.8 cm³/mol. The first-order valence-corrected chi connectivity index (χ1v) is 5.64. The summed E-state index contributed by atoms with van der Waals surface area (Å²) in [6.07, 6.45) is 3.67. The van der Waals surface area contributed by atoms with Crippen molar-refractivity contribution < 1.29 is 4.79 Å². The molecule has 1 saturated carbocycles. The van der Waals surface area contributed by atoms with Gasteiger partial charge in [0.1, 0.15) is 0 Å². The van der Waals surface area contributed by atoms with E-state index in [0.29, 0.717) is 5.13 Å². The monoisotopic (exact) mass is 260 g/mol. The van der Waals surface area contributed by atoms with Gasteiger partial charge in [0.15, 0.2) is 5.13 Å². The number of carbonyl (C=O) groups is 1. The van der Waals surface area contributed by atoms with E-state index in [4.69, 9.17) is 0 Å². The van der Waals surface area contributed by atoms with Gasteiger partial charge in [0.2, 0.25) is 5.91 Å². The molecule has 3 nitrogen and oxygen atoms in total. The van der Waals surface area contributed by atoms with Crippen LogP contribution in [0.4, 0.5) is 5.13 Å². The van der Waals surface area contributed by atoms with Crippen LogP contribution in [0.5, 0.6) is 0 Å². The Bertz CT molecular complexity index is 346. The minimum absolute atomic E-state index is 0.0920. The molecular formula is C8H9BrN2OS. The van der Waals surface area contributed by atoms with Gasteiger partial charge in [-0.15, -0.1) is 0 Å². The summed E-state index contributed by atoms with van der Waals surface area (Å²) in [6.45, 7) is 1.98. The first-order chi connectivity index (χ1) is 6.10. The van der Waals surface area contributed by atoms with E-state index in [0.717, 1.165) is 16.6 Å². The number of aromatic nitrogens is 1. The van der Waals surface area contributed by atoms with E-state index in [2.05, 4.69) is 26.2 Å². The molecule has 1 aromatic rings. The van der Waals surface area contributed by atoms with Crippen LogP contribution in [0.2, 0.25) is 0 Å². The maximum absolute atomic E-state index is 11.5. The lowest BCUT2D eigenvalue weighted by Crippen LogP contribution is -2.21. The van der Waals surface area contributed by atoms with Gasteiger partial charge >= 0.3 is 0 Å². The molecular weight excluding hydrogens is 252 g/mol. The molecule has 0 saturated heterocycles. The summed E-state index contributed by atoms with van der Waals surface area (Å²) in [7, 11) is 0. The molecule has 1 aliphatic carbocycles. The van der Waals surface area contributed by atoms with Crippen molar-refractivity contribution in [3.63, 3.8) is 0 Å². The smallest absolute Gasteiger partial charge is 0.232 e. The molecule has 0 aromatic carbocycles. The predicted octanol–water partition coefficient (Wildman–Crippen LogP) is 2.64. The molecule has 0 bridgehead atoms. The maximum Gasteiger partial charge on any atom is 0.232 e. The third-order valence-electron chi connectivity index (χ3n) is 2.25. The zero-order valence-electron chi connectivity index (χ0n) is 7.13. The highest BCUT2D eigenvalue weighted by atomic mass is 79.9. The Morgan fingerprint density at radius 3 is 2.92 bits per heavy atom. The minimum atomic E-state index is -0.127. The number of hydrogen-bond donors (Lipinski definition) is 1. The molecule has 1 amide bonds. The highest BCUT2D eigenvalue weighted by Crippen LogP contribution is 2.45. The molecule has 1 aromatic heterocycles. The molecule has 0 radical (unpaired) electrons. The Kier molecular flexibility index (Phi) is 2.15. The van der Waals surface area contributed by atoms with Crippen LogP contribution in [0, 0.1) is 5.41 Å². The first kappa shape index (κ1) is 9.15. The fourth-order valence-electron chi connectivity index (χ4n) is 0.975. The van der Waals surface area contributed by atoms with Crippen LogP contribution < -0.4 is 5.32 Å². The average molecular weight is 261 g/mol. The van der Waals surface area contributed by atoms with Crippen molar-refractivity contribution in [2.75, 3.05) is 5.32 Å². The lowest BCUT2D eigenvalue weighted by molar-refractivity contribution is -0.120. The van der Waals surface area contributed by atoms with Gasteiger partial charge in [-0.1, -0.05) is 18.3 Å². The largest absolute Gasteiger partial charge is 0.301 e. The van der Waals surface area contributed by atoms with Gasteiger partial charge in [-0.05, 0) is 28.8 Å². The Labute approximate surface area is 88.7 Å². The number of nitrogens with zero attached hydrogens (tertiary/aromatic N) is 1. The minimum Gasteiger partial charge on any atom is -0.301 e. The second-order valence-electron chi connectivity index (χ2n) is 3.48. The summed E-state index contributed by atoms with van der Waals surface area (Å²) in [5.74, 6) is 0.0920. The molecule has 13 heavy (non-hydrogen) atoms. The van der Waals surface area contributed by atoms with Crippen LogP contribution in [-0.2, 0) is 4.79 Å². The molecule has 1 aliphatic rings. The van der Waals surface area contributed by atoms with Crippen LogP contribution in [0.3, 0.4) is 0 Å². The van der Waals surface area contributed by atoms with Crippen molar-refractivity contribution in [3.8, 4) is 0 Å². The molecule has 1 N–H and O–H groups in total. The summed E-state index contributed by atoms with van der Waals surface area (Å²) in [5.41, 5.74) is -0.127. The number of amides is 1.